The number of carbonyl (C=O) groups excluding carboxylic acids is 4. The van der Waals surface area contributed by atoms with Crippen molar-refractivity contribution in [2.75, 3.05) is 13.2 Å². The lowest BCUT2D eigenvalue weighted by atomic mass is 9.91. The zero-order chi connectivity index (χ0) is 37.8. The predicted molar refractivity (Wildman–Crippen MR) is 203 cm³/mol. The summed E-state index contributed by atoms with van der Waals surface area (Å²) < 4.78 is 25.9. The molecular weight excluding hydrogens is 791 g/mol. The van der Waals surface area contributed by atoms with E-state index < -0.39 is 59.6 Å². The van der Waals surface area contributed by atoms with Crippen molar-refractivity contribution >= 4 is 46.3 Å². The first-order valence-corrected chi connectivity index (χ1v) is 19.0. The average molecular weight is 837 g/mol. The van der Waals surface area contributed by atoms with Crippen LogP contribution < -0.4 is 5.32 Å². The van der Waals surface area contributed by atoms with Gasteiger partial charge in [0, 0.05) is 39.7 Å². The van der Waals surface area contributed by atoms with Crippen LogP contribution in [0.15, 0.2) is 96.6 Å². The summed E-state index contributed by atoms with van der Waals surface area (Å²) in [7, 11) is 0. The number of ether oxygens (including phenoxy) is 4. The summed E-state index contributed by atoms with van der Waals surface area (Å²) in [5.41, 5.74) is 1.57. The van der Waals surface area contributed by atoms with E-state index in [4.69, 9.17) is 18.9 Å². The molecule has 0 spiro atoms. The number of halogens is 1. The van der Waals surface area contributed by atoms with Crippen LogP contribution in [-0.2, 0) is 39.1 Å². The minimum absolute atomic E-state index is 0.0171. The molecule has 11 nitrogen and oxygen atoms in total. The number of aliphatic hydroxyl groups excluding tert-OH is 1. The lowest BCUT2D eigenvalue weighted by molar-refractivity contribution is -0.157. The molecule has 53 heavy (non-hydrogen) atoms. The van der Waals surface area contributed by atoms with Gasteiger partial charge in [0.25, 0.3) is 0 Å². The minimum atomic E-state index is -1.35. The molecule has 0 unspecified atom stereocenters. The number of nitrogens with one attached hydrogen (secondary N) is 1. The standard InChI is InChI=1S/C41H45IN2O9/c1-40(2,3)52-35(46)21-20-29(25-45)43-37(47)32-19-12-22-44(32)38(48)26-23-33(50-39(49)30-17-10-11-18-31(30)42)36-34(24-26)51-41(53-36,27-13-6-4-7-14-27)28-15-8-5-9-16-28/h4-11,13-18,24,29,32-34,36,45H,12,19-23,25H2,1-3H3,(H,43,47)/t29-,32+,33+,34+,36-/m0/s1. The third kappa shape index (κ3) is 8.83. The first kappa shape index (κ1) is 38.6. The Kier molecular flexibility index (Phi) is 12.0. The molecule has 2 heterocycles. The van der Waals surface area contributed by atoms with E-state index in [-0.39, 0.29) is 31.8 Å². The molecule has 2 fully saturated rings. The molecule has 0 bridgehead atoms. The largest absolute Gasteiger partial charge is 0.460 e. The Balaban J connectivity index is 1.26. The molecule has 2 N–H and O–H groups in total. The summed E-state index contributed by atoms with van der Waals surface area (Å²) in [5.74, 6) is -3.11. The minimum Gasteiger partial charge on any atom is -0.460 e. The number of likely N-dealkylation sites (tertiary alicyclic amines) is 1. The van der Waals surface area contributed by atoms with E-state index in [2.05, 4.69) is 27.9 Å². The summed E-state index contributed by atoms with van der Waals surface area (Å²) in [5, 5.41) is 12.8. The van der Waals surface area contributed by atoms with Crippen molar-refractivity contribution in [3.63, 3.8) is 0 Å². The Morgan fingerprint density at radius 1 is 0.962 bits per heavy atom. The SMILES string of the molecule is CC(C)(C)OC(=O)CC[C@@H](CO)NC(=O)[C@H]1CCCN1C(=O)C1=C[C@H]2OC(c3ccccc3)(c3ccccc3)O[C@H]2[C@H](OC(=O)c2ccccc2I)C1. The van der Waals surface area contributed by atoms with Gasteiger partial charge < -0.3 is 34.3 Å². The summed E-state index contributed by atoms with van der Waals surface area (Å²) in [6.07, 6.45) is 0.563. The van der Waals surface area contributed by atoms with Crippen molar-refractivity contribution < 1.29 is 43.2 Å². The van der Waals surface area contributed by atoms with Gasteiger partial charge >= 0.3 is 11.9 Å². The molecule has 0 saturated carbocycles. The molecule has 0 radical (unpaired) electrons. The van der Waals surface area contributed by atoms with E-state index in [0.717, 1.165) is 14.7 Å². The van der Waals surface area contributed by atoms with Crippen molar-refractivity contribution in [2.24, 2.45) is 0 Å². The summed E-state index contributed by atoms with van der Waals surface area (Å²) in [6, 6.07) is 24.6. The summed E-state index contributed by atoms with van der Waals surface area (Å²) >= 11 is 2.09. The number of aliphatic hydroxyl groups is 1. The van der Waals surface area contributed by atoms with E-state index >= 15 is 0 Å². The molecule has 0 aromatic heterocycles. The van der Waals surface area contributed by atoms with Crippen molar-refractivity contribution in [2.45, 2.75) is 94.7 Å². The van der Waals surface area contributed by atoms with Crippen molar-refractivity contribution in [1.82, 2.24) is 10.2 Å². The zero-order valence-electron chi connectivity index (χ0n) is 30.0. The van der Waals surface area contributed by atoms with Crippen LogP contribution in [0.1, 0.15) is 74.4 Å². The number of benzene rings is 3. The van der Waals surface area contributed by atoms with Crippen LogP contribution in [-0.4, -0.2) is 82.9 Å². The number of rotatable bonds is 11. The van der Waals surface area contributed by atoms with Gasteiger partial charge in [0.2, 0.25) is 17.6 Å². The Labute approximate surface area is 323 Å². The van der Waals surface area contributed by atoms with E-state index in [1.54, 1.807) is 39.0 Å². The molecule has 2 amide bonds. The smallest absolute Gasteiger partial charge is 0.339 e. The molecule has 1 aliphatic carbocycles. The third-order valence-corrected chi connectivity index (χ3v) is 10.5. The molecule has 2 saturated heterocycles. The van der Waals surface area contributed by atoms with Gasteiger partial charge in [0.15, 0.2) is 0 Å². The monoisotopic (exact) mass is 836 g/mol. The van der Waals surface area contributed by atoms with Crippen LogP contribution in [0, 0.1) is 3.57 Å². The highest BCUT2D eigenvalue weighted by molar-refractivity contribution is 14.1. The number of amides is 2. The first-order valence-electron chi connectivity index (χ1n) is 18.0. The Bertz CT molecular complexity index is 1790. The Morgan fingerprint density at radius 2 is 1.60 bits per heavy atom. The fraction of sp³-hybridized carbons (Fsp3) is 0.415. The van der Waals surface area contributed by atoms with E-state index in [1.807, 2.05) is 72.8 Å². The average Bonchev–Trinajstić information content (AvgIpc) is 3.80. The van der Waals surface area contributed by atoms with Gasteiger partial charge in [0.05, 0.1) is 18.2 Å². The van der Waals surface area contributed by atoms with Crippen LogP contribution in [0.5, 0.6) is 0 Å². The maximum atomic E-state index is 14.4. The fourth-order valence-corrected chi connectivity index (χ4v) is 7.68. The molecule has 3 aromatic carbocycles. The van der Waals surface area contributed by atoms with Crippen LogP contribution >= 0.6 is 22.6 Å². The van der Waals surface area contributed by atoms with Crippen LogP contribution in [0.2, 0.25) is 0 Å². The molecule has 3 aromatic rings. The molecule has 5 atom stereocenters. The van der Waals surface area contributed by atoms with Crippen molar-refractivity contribution in [3.05, 3.63) is 117 Å². The second kappa shape index (κ2) is 16.5. The number of fused-ring (bicyclic) bond motifs is 1. The molecule has 6 rings (SSSR count). The molecule has 280 valence electrons. The van der Waals surface area contributed by atoms with Gasteiger partial charge in [-0.25, -0.2) is 4.79 Å². The summed E-state index contributed by atoms with van der Waals surface area (Å²) in [4.78, 5) is 55.5. The lowest BCUT2D eigenvalue weighted by Crippen LogP contribution is -2.51. The van der Waals surface area contributed by atoms with E-state index in [9.17, 15) is 24.3 Å². The van der Waals surface area contributed by atoms with Crippen LogP contribution in [0.25, 0.3) is 0 Å². The van der Waals surface area contributed by atoms with Crippen molar-refractivity contribution in [3.8, 4) is 0 Å². The normalized spacial score (nSPS) is 22.7. The molecule has 12 heteroatoms. The van der Waals surface area contributed by atoms with Gasteiger partial charge in [-0.1, -0.05) is 72.8 Å². The summed E-state index contributed by atoms with van der Waals surface area (Å²) in [6.45, 7) is 5.28. The number of carbonyl (C=O) groups is 4. The van der Waals surface area contributed by atoms with Crippen molar-refractivity contribution in [1.29, 1.82) is 0 Å². The highest BCUT2D eigenvalue weighted by Crippen LogP contribution is 2.47. The Morgan fingerprint density at radius 3 is 2.23 bits per heavy atom. The molecular formula is C41H45IN2O9. The quantitative estimate of drug-likeness (QED) is 0.192. The number of nitrogens with zero attached hydrogens (tertiary/aromatic N) is 1. The second-order valence-electron chi connectivity index (χ2n) is 14.5. The number of hydrogen-bond donors (Lipinski definition) is 2. The molecule has 3 aliphatic rings. The van der Waals surface area contributed by atoms with Crippen LogP contribution in [0.4, 0.5) is 0 Å². The van der Waals surface area contributed by atoms with Gasteiger partial charge in [-0.05, 0) is 80.8 Å². The van der Waals surface area contributed by atoms with Gasteiger partial charge in [0.1, 0.15) is 30.0 Å². The topological polar surface area (TPSA) is 141 Å². The predicted octanol–water partition coefficient (Wildman–Crippen LogP) is 5.42. The Hall–Kier alpha value is -4.11. The fourth-order valence-electron chi connectivity index (χ4n) is 7.07. The molecule has 2 aliphatic heterocycles. The number of esters is 2. The van der Waals surface area contributed by atoms with E-state index in [0.29, 0.717) is 30.5 Å². The second-order valence-corrected chi connectivity index (χ2v) is 15.7. The lowest BCUT2D eigenvalue weighted by Gasteiger charge is -2.33. The van der Waals surface area contributed by atoms with Gasteiger partial charge in [-0.15, -0.1) is 0 Å². The van der Waals surface area contributed by atoms with Crippen LogP contribution in [0.3, 0.4) is 0 Å². The van der Waals surface area contributed by atoms with Gasteiger partial charge in [-0.2, -0.15) is 0 Å². The van der Waals surface area contributed by atoms with E-state index in [1.165, 1.54) is 4.90 Å². The third-order valence-electron chi connectivity index (χ3n) is 9.52. The first-order chi connectivity index (χ1) is 25.4. The maximum absolute atomic E-state index is 14.4. The number of hydrogen-bond acceptors (Lipinski definition) is 9. The van der Waals surface area contributed by atoms with Gasteiger partial charge in [-0.3, -0.25) is 14.4 Å². The zero-order valence-corrected chi connectivity index (χ0v) is 32.2. The highest BCUT2D eigenvalue weighted by atomic mass is 127. The maximum Gasteiger partial charge on any atom is 0.339 e. The highest BCUT2D eigenvalue weighted by Gasteiger charge is 2.55.